The van der Waals surface area contributed by atoms with Gasteiger partial charge in [-0.1, -0.05) is 79.4 Å². The normalized spacial score (nSPS) is 12.3. The van der Waals surface area contributed by atoms with Crippen LogP contribution in [0.15, 0.2) is 189 Å². The SMILES string of the molecule is C=C/C=C\C(=C/C)N(c1ccccc1)c1ccc2c(c1)oc1cc3c(oc4c(C)c5c(cc43)oc3cc(N(c4ccccc4)c4ccccc4)ccc35)c(C)c12. The van der Waals surface area contributed by atoms with Crippen molar-refractivity contribution in [3.05, 3.63) is 187 Å². The predicted molar refractivity (Wildman–Crippen MR) is 234 cm³/mol. The lowest BCUT2D eigenvalue weighted by molar-refractivity contribution is 0.658. The highest BCUT2D eigenvalue weighted by Crippen LogP contribution is 2.46. The number of para-hydroxylation sites is 3. The third kappa shape index (κ3) is 5.24. The van der Waals surface area contributed by atoms with Crippen LogP contribution >= 0.6 is 0 Å². The van der Waals surface area contributed by atoms with E-state index in [-0.39, 0.29) is 0 Å². The maximum atomic E-state index is 6.82. The van der Waals surface area contributed by atoms with Crippen LogP contribution in [-0.4, -0.2) is 0 Å². The van der Waals surface area contributed by atoms with Crippen molar-refractivity contribution in [2.75, 3.05) is 9.80 Å². The minimum absolute atomic E-state index is 0.813. The van der Waals surface area contributed by atoms with Crippen molar-refractivity contribution in [2.45, 2.75) is 20.8 Å². The van der Waals surface area contributed by atoms with Gasteiger partial charge < -0.3 is 23.1 Å². The molecule has 56 heavy (non-hydrogen) atoms. The number of benzene rings is 7. The van der Waals surface area contributed by atoms with Gasteiger partial charge in [0.25, 0.3) is 0 Å². The molecule has 7 aromatic carbocycles. The van der Waals surface area contributed by atoms with E-state index in [1.54, 1.807) is 6.08 Å². The molecule has 10 rings (SSSR count). The molecule has 0 saturated carbocycles. The van der Waals surface area contributed by atoms with Crippen LogP contribution in [0, 0.1) is 13.8 Å². The Labute approximate surface area is 324 Å². The second kappa shape index (κ2) is 13.3. The average molecular weight is 727 g/mol. The zero-order valence-electron chi connectivity index (χ0n) is 31.4. The van der Waals surface area contributed by atoms with E-state index < -0.39 is 0 Å². The second-order valence-corrected chi connectivity index (χ2v) is 14.2. The van der Waals surface area contributed by atoms with E-state index in [1.807, 2.05) is 31.2 Å². The molecule has 0 radical (unpaired) electrons. The molecule has 0 unspecified atom stereocenters. The first kappa shape index (κ1) is 33.3. The van der Waals surface area contributed by atoms with Gasteiger partial charge in [-0.25, -0.2) is 0 Å². The number of hydrogen-bond donors (Lipinski definition) is 0. The predicted octanol–water partition coefficient (Wildman–Crippen LogP) is 15.3. The van der Waals surface area contributed by atoms with Crippen LogP contribution in [0.1, 0.15) is 18.1 Å². The number of fused-ring (bicyclic) bond motifs is 9. The van der Waals surface area contributed by atoms with Gasteiger partial charge in [-0.05, 0) is 99.6 Å². The van der Waals surface area contributed by atoms with E-state index in [0.717, 1.165) is 111 Å². The first-order valence-corrected chi connectivity index (χ1v) is 18.9. The van der Waals surface area contributed by atoms with Gasteiger partial charge in [0.2, 0.25) is 0 Å². The van der Waals surface area contributed by atoms with Gasteiger partial charge in [0.15, 0.2) is 0 Å². The molecule has 5 heteroatoms. The van der Waals surface area contributed by atoms with E-state index in [9.17, 15) is 0 Å². The molecule has 0 saturated heterocycles. The fourth-order valence-electron chi connectivity index (χ4n) is 8.35. The van der Waals surface area contributed by atoms with Crippen LogP contribution in [0.2, 0.25) is 0 Å². The monoisotopic (exact) mass is 726 g/mol. The number of rotatable bonds is 8. The molecule has 0 aliphatic heterocycles. The molecule has 0 bridgehead atoms. The maximum Gasteiger partial charge on any atom is 0.139 e. The Balaban J connectivity index is 1.11. The van der Waals surface area contributed by atoms with Crippen LogP contribution in [0.3, 0.4) is 0 Å². The quantitative estimate of drug-likeness (QED) is 0.146. The molecule has 0 atom stereocenters. The Kier molecular flexibility index (Phi) is 7.89. The molecule has 3 aromatic heterocycles. The summed E-state index contributed by atoms with van der Waals surface area (Å²) in [5.74, 6) is 0. The zero-order valence-corrected chi connectivity index (χ0v) is 31.4. The Hall–Kier alpha value is -7.24. The van der Waals surface area contributed by atoms with Gasteiger partial charge in [-0.15, -0.1) is 0 Å². The highest BCUT2D eigenvalue weighted by molar-refractivity contribution is 6.21. The highest BCUT2D eigenvalue weighted by Gasteiger charge is 2.23. The van der Waals surface area contributed by atoms with Crippen molar-refractivity contribution in [1.82, 2.24) is 0 Å². The Morgan fingerprint density at radius 2 is 0.982 bits per heavy atom. The van der Waals surface area contributed by atoms with E-state index in [1.165, 1.54) is 0 Å². The summed E-state index contributed by atoms with van der Waals surface area (Å²) in [5, 5.41) is 6.24. The van der Waals surface area contributed by atoms with Crippen molar-refractivity contribution < 1.29 is 13.3 Å². The molecular weight excluding hydrogens is 689 g/mol. The molecule has 270 valence electrons. The molecule has 0 spiro atoms. The van der Waals surface area contributed by atoms with Crippen LogP contribution in [0.4, 0.5) is 28.4 Å². The van der Waals surface area contributed by atoms with Crippen molar-refractivity contribution >= 4 is 94.3 Å². The number of aryl methyl sites for hydroxylation is 2. The highest BCUT2D eigenvalue weighted by atomic mass is 16.3. The first-order valence-electron chi connectivity index (χ1n) is 18.9. The van der Waals surface area contributed by atoms with Crippen LogP contribution in [-0.2, 0) is 0 Å². The van der Waals surface area contributed by atoms with Crippen molar-refractivity contribution in [1.29, 1.82) is 0 Å². The molecule has 0 aliphatic carbocycles. The summed E-state index contributed by atoms with van der Waals surface area (Å²) in [5.41, 5.74) is 13.4. The summed E-state index contributed by atoms with van der Waals surface area (Å²) >= 11 is 0. The Bertz CT molecular complexity index is 3140. The molecule has 3 heterocycles. The fraction of sp³-hybridized carbons (Fsp3) is 0.0588. The van der Waals surface area contributed by atoms with Gasteiger partial charge in [0.1, 0.15) is 33.5 Å². The van der Waals surface area contributed by atoms with Crippen molar-refractivity contribution in [3.63, 3.8) is 0 Å². The molecule has 10 aromatic rings. The van der Waals surface area contributed by atoms with Gasteiger partial charge in [0, 0.05) is 89.7 Å². The van der Waals surface area contributed by atoms with Crippen LogP contribution < -0.4 is 9.80 Å². The lowest BCUT2D eigenvalue weighted by Gasteiger charge is -2.26. The van der Waals surface area contributed by atoms with E-state index >= 15 is 0 Å². The van der Waals surface area contributed by atoms with Gasteiger partial charge in [-0.2, -0.15) is 0 Å². The molecular formula is C51H38N2O3. The summed E-state index contributed by atoms with van der Waals surface area (Å²) in [7, 11) is 0. The maximum absolute atomic E-state index is 6.82. The van der Waals surface area contributed by atoms with Crippen molar-refractivity contribution in [2.24, 2.45) is 0 Å². The molecule has 0 N–H and O–H groups in total. The third-order valence-corrected chi connectivity index (χ3v) is 10.9. The molecule has 5 nitrogen and oxygen atoms in total. The zero-order chi connectivity index (χ0) is 37.9. The van der Waals surface area contributed by atoms with Crippen LogP contribution in [0.25, 0.3) is 65.8 Å². The Morgan fingerprint density at radius 3 is 1.48 bits per heavy atom. The van der Waals surface area contributed by atoms with Gasteiger partial charge >= 0.3 is 0 Å². The number of allylic oxidation sites excluding steroid dienone is 4. The minimum Gasteiger partial charge on any atom is -0.456 e. The minimum atomic E-state index is 0.813. The molecule has 0 aliphatic rings. The fourth-order valence-corrected chi connectivity index (χ4v) is 8.35. The van der Waals surface area contributed by atoms with Gasteiger partial charge in [0.05, 0.1) is 0 Å². The summed E-state index contributed by atoms with van der Waals surface area (Å²) in [6.07, 6.45) is 7.91. The lowest BCUT2D eigenvalue weighted by Crippen LogP contribution is -2.14. The number of nitrogens with zero attached hydrogens (tertiary/aromatic N) is 2. The number of anilines is 5. The topological polar surface area (TPSA) is 45.9 Å². The number of furan rings is 3. The summed E-state index contributed by atoms with van der Waals surface area (Å²) in [4.78, 5) is 4.48. The van der Waals surface area contributed by atoms with E-state index in [0.29, 0.717) is 0 Å². The summed E-state index contributed by atoms with van der Waals surface area (Å²) in [6.45, 7) is 10.2. The number of hydrogen-bond acceptors (Lipinski definition) is 5. The smallest absolute Gasteiger partial charge is 0.139 e. The second-order valence-electron chi connectivity index (χ2n) is 14.2. The summed E-state index contributed by atoms with van der Waals surface area (Å²) in [6, 6.07) is 48.4. The molecule has 0 fully saturated rings. The van der Waals surface area contributed by atoms with Crippen LogP contribution in [0.5, 0.6) is 0 Å². The third-order valence-electron chi connectivity index (χ3n) is 10.9. The largest absolute Gasteiger partial charge is 0.456 e. The van der Waals surface area contributed by atoms with E-state index in [4.69, 9.17) is 13.3 Å². The van der Waals surface area contributed by atoms with E-state index in [2.05, 4.69) is 164 Å². The van der Waals surface area contributed by atoms with Crippen molar-refractivity contribution in [3.8, 4) is 0 Å². The average Bonchev–Trinajstić information content (AvgIpc) is 3.92. The standard InChI is InChI=1S/C51H38N2O3/c1-5-7-17-34(6-2)52(35-18-11-8-12-19-35)38-24-26-40-44(28-38)54-46-30-42-43-31-47-49(33(4)51(43)56-50(42)32(3)48(40)46)41-27-25-39(29-45(41)55-47)53(36-20-13-9-14-21-36)37-22-15-10-16-23-37/h5-31H,1H2,2-4H3/b17-7-,34-6+. The first-order chi connectivity index (χ1) is 27.5. The lowest BCUT2D eigenvalue weighted by atomic mass is 10.0. The molecule has 0 amide bonds. The van der Waals surface area contributed by atoms with Gasteiger partial charge in [-0.3, -0.25) is 0 Å². The Morgan fingerprint density at radius 1 is 0.500 bits per heavy atom. The summed E-state index contributed by atoms with van der Waals surface area (Å²) < 4.78 is 20.2.